The van der Waals surface area contributed by atoms with E-state index >= 15 is 0 Å². The average Bonchev–Trinajstić information content (AvgIpc) is 3.17. The molecule has 0 radical (unpaired) electrons. The summed E-state index contributed by atoms with van der Waals surface area (Å²) in [6.45, 7) is 0. The van der Waals surface area contributed by atoms with E-state index in [0.717, 1.165) is 36.7 Å². The first kappa shape index (κ1) is 15.9. The first-order valence-corrected chi connectivity index (χ1v) is 9.63. The summed E-state index contributed by atoms with van der Waals surface area (Å²) in [7, 11) is 0. The largest absolute Gasteiger partial charge is 0.385 e. The van der Waals surface area contributed by atoms with E-state index in [0.29, 0.717) is 0 Å². The molecule has 0 bridgehead atoms. The summed E-state index contributed by atoms with van der Waals surface area (Å²) in [5.74, 6) is 1.58. The summed E-state index contributed by atoms with van der Waals surface area (Å²) in [5.41, 5.74) is 2.97. The zero-order valence-electron chi connectivity index (χ0n) is 14.5. The maximum absolute atomic E-state index is 11.3. The Balaban J connectivity index is 1.53. The van der Waals surface area contributed by atoms with Crippen LogP contribution in [-0.4, -0.2) is 5.11 Å². The molecule has 0 spiro atoms. The van der Waals surface area contributed by atoms with Crippen molar-refractivity contribution in [2.75, 3.05) is 0 Å². The van der Waals surface area contributed by atoms with E-state index in [-0.39, 0.29) is 0 Å². The van der Waals surface area contributed by atoms with Gasteiger partial charge in [-0.3, -0.25) is 0 Å². The highest BCUT2D eigenvalue weighted by atomic mass is 16.3. The molecule has 1 heteroatoms. The molecule has 126 valence electrons. The van der Waals surface area contributed by atoms with Crippen molar-refractivity contribution in [1.82, 2.24) is 0 Å². The van der Waals surface area contributed by atoms with E-state index in [1.807, 2.05) is 6.07 Å². The van der Waals surface area contributed by atoms with Crippen LogP contribution < -0.4 is 0 Å². The molecule has 1 unspecified atom stereocenters. The van der Waals surface area contributed by atoms with Crippen molar-refractivity contribution in [1.29, 1.82) is 0 Å². The SMILES string of the molecule is O[C@]1(c2ccc(-c3ccccc3)cc2)CCCC(C2CCCC2)C1. The van der Waals surface area contributed by atoms with Crippen LogP contribution in [0.3, 0.4) is 0 Å². The molecule has 0 heterocycles. The van der Waals surface area contributed by atoms with Gasteiger partial charge in [-0.2, -0.15) is 0 Å². The van der Waals surface area contributed by atoms with Crippen LogP contribution in [0.2, 0.25) is 0 Å². The van der Waals surface area contributed by atoms with Gasteiger partial charge in [-0.25, -0.2) is 0 Å². The second-order valence-corrected chi connectivity index (χ2v) is 7.88. The van der Waals surface area contributed by atoms with Gasteiger partial charge < -0.3 is 5.11 Å². The van der Waals surface area contributed by atoms with Gasteiger partial charge in [-0.05, 0) is 54.2 Å². The number of aliphatic hydroxyl groups is 1. The summed E-state index contributed by atoms with van der Waals surface area (Å²) in [5, 5.41) is 11.3. The summed E-state index contributed by atoms with van der Waals surface area (Å²) >= 11 is 0. The molecule has 2 aromatic carbocycles. The molecule has 2 aliphatic carbocycles. The van der Waals surface area contributed by atoms with E-state index in [9.17, 15) is 5.11 Å². The molecule has 24 heavy (non-hydrogen) atoms. The lowest BCUT2D eigenvalue weighted by atomic mass is 9.69. The van der Waals surface area contributed by atoms with E-state index in [2.05, 4.69) is 48.5 Å². The molecule has 2 aliphatic rings. The number of hydrogen-bond donors (Lipinski definition) is 1. The minimum atomic E-state index is -0.610. The molecular weight excluding hydrogens is 292 g/mol. The van der Waals surface area contributed by atoms with Crippen molar-refractivity contribution in [2.45, 2.75) is 57.0 Å². The topological polar surface area (TPSA) is 20.2 Å². The maximum atomic E-state index is 11.3. The van der Waals surface area contributed by atoms with Gasteiger partial charge in [0, 0.05) is 0 Å². The highest BCUT2D eigenvalue weighted by Gasteiger charge is 2.39. The Morgan fingerprint density at radius 3 is 2.04 bits per heavy atom. The summed E-state index contributed by atoms with van der Waals surface area (Å²) in [4.78, 5) is 0. The molecule has 1 nitrogen and oxygen atoms in total. The van der Waals surface area contributed by atoms with Gasteiger partial charge in [0.15, 0.2) is 0 Å². The average molecular weight is 320 g/mol. The monoisotopic (exact) mass is 320 g/mol. The van der Waals surface area contributed by atoms with Gasteiger partial charge in [-0.15, -0.1) is 0 Å². The molecule has 2 saturated carbocycles. The molecule has 0 aromatic heterocycles. The fourth-order valence-electron chi connectivity index (χ4n) is 4.99. The minimum Gasteiger partial charge on any atom is -0.385 e. The lowest BCUT2D eigenvalue weighted by Crippen LogP contribution is -2.35. The molecule has 4 rings (SSSR count). The molecule has 1 N–H and O–H groups in total. The smallest absolute Gasteiger partial charge is 0.0899 e. The van der Waals surface area contributed by atoms with Crippen LogP contribution in [-0.2, 0) is 5.60 Å². The Bertz CT molecular complexity index is 654. The fourth-order valence-corrected chi connectivity index (χ4v) is 4.99. The Morgan fingerprint density at radius 1 is 0.708 bits per heavy atom. The van der Waals surface area contributed by atoms with Crippen molar-refractivity contribution < 1.29 is 5.11 Å². The van der Waals surface area contributed by atoms with Crippen molar-refractivity contribution in [2.24, 2.45) is 11.8 Å². The second-order valence-electron chi connectivity index (χ2n) is 7.88. The van der Waals surface area contributed by atoms with Crippen LogP contribution in [0.1, 0.15) is 56.9 Å². The first-order valence-electron chi connectivity index (χ1n) is 9.63. The number of benzene rings is 2. The fraction of sp³-hybridized carbons (Fsp3) is 0.478. The molecule has 2 atom stereocenters. The Hall–Kier alpha value is -1.60. The quantitative estimate of drug-likeness (QED) is 0.744. The molecule has 0 aliphatic heterocycles. The van der Waals surface area contributed by atoms with Gasteiger partial charge in [0.1, 0.15) is 0 Å². The third-order valence-electron chi connectivity index (χ3n) is 6.36. The Kier molecular flexibility index (Phi) is 4.45. The van der Waals surface area contributed by atoms with Crippen LogP contribution in [0.25, 0.3) is 11.1 Å². The summed E-state index contributed by atoms with van der Waals surface area (Å²) in [6, 6.07) is 19.1. The zero-order valence-corrected chi connectivity index (χ0v) is 14.5. The molecule has 2 fully saturated rings. The van der Waals surface area contributed by atoms with Gasteiger partial charge in [0.25, 0.3) is 0 Å². The van der Waals surface area contributed by atoms with Gasteiger partial charge >= 0.3 is 0 Å². The van der Waals surface area contributed by atoms with Crippen LogP contribution >= 0.6 is 0 Å². The van der Waals surface area contributed by atoms with Crippen LogP contribution in [0.4, 0.5) is 0 Å². The molecular formula is C23H28O. The summed E-state index contributed by atoms with van der Waals surface area (Å²) in [6.07, 6.45) is 9.91. The van der Waals surface area contributed by atoms with Gasteiger partial charge in [0.2, 0.25) is 0 Å². The highest BCUT2D eigenvalue weighted by Crippen LogP contribution is 2.46. The predicted molar refractivity (Wildman–Crippen MR) is 99.7 cm³/mol. The Morgan fingerprint density at radius 2 is 1.33 bits per heavy atom. The number of hydrogen-bond acceptors (Lipinski definition) is 1. The van der Waals surface area contributed by atoms with E-state index in [4.69, 9.17) is 0 Å². The third-order valence-corrected chi connectivity index (χ3v) is 6.36. The first-order chi connectivity index (χ1) is 11.7. The zero-order chi connectivity index (χ0) is 16.4. The second kappa shape index (κ2) is 6.72. The highest BCUT2D eigenvalue weighted by molar-refractivity contribution is 5.63. The Labute approximate surface area is 145 Å². The van der Waals surface area contributed by atoms with Crippen LogP contribution in [0.15, 0.2) is 54.6 Å². The lowest BCUT2D eigenvalue weighted by Gasteiger charge is -2.39. The van der Waals surface area contributed by atoms with Gasteiger partial charge in [0.05, 0.1) is 5.60 Å². The van der Waals surface area contributed by atoms with E-state index < -0.39 is 5.60 Å². The maximum Gasteiger partial charge on any atom is 0.0899 e. The third kappa shape index (κ3) is 3.15. The normalized spacial score (nSPS) is 28.1. The standard InChI is InChI=1S/C23H28O/c24-23(16-6-11-21(17-23)19-9-4-5-10-19)22-14-12-20(13-15-22)18-7-2-1-3-8-18/h1-3,7-8,12-15,19,21,24H,4-6,9-11,16-17H2/t21?,23-/m1/s1. The van der Waals surface area contributed by atoms with Crippen LogP contribution in [0, 0.1) is 11.8 Å². The number of rotatable bonds is 3. The predicted octanol–water partition coefficient (Wildman–Crippen LogP) is 5.92. The van der Waals surface area contributed by atoms with Crippen molar-refractivity contribution >= 4 is 0 Å². The molecule has 2 aromatic rings. The van der Waals surface area contributed by atoms with Gasteiger partial charge in [-0.1, -0.05) is 80.3 Å². The molecule has 0 amide bonds. The van der Waals surface area contributed by atoms with E-state index in [1.54, 1.807) is 0 Å². The van der Waals surface area contributed by atoms with Crippen molar-refractivity contribution in [3.05, 3.63) is 60.2 Å². The summed E-state index contributed by atoms with van der Waals surface area (Å²) < 4.78 is 0. The van der Waals surface area contributed by atoms with Crippen molar-refractivity contribution in [3.8, 4) is 11.1 Å². The molecule has 0 saturated heterocycles. The van der Waals surface area contributed by atoms with Crippen molar-refractivity contribution in [3.63, 3.8) is 0 Å². The minimum absolute atomic E-state index is 0.610. The van der Waals surface area contributed by atoms with E-state index in [1.165, 1.54) is 43.2 Å². The van der Waals surface area contributed by atoms with Crippen LogP contribution in [0.5, 0.6) is 0 Å². The lowest BCUT2D eigenvalue weighted by molar-refractivity contribution is -0.0319.